The Morgan fingerprint density at radius 3 is 2.58 bits per heavy atom. The predicted molar refractivity (Wildman–Crippen MR) is 69.5 cm³/mol. The summed E-state index contributed by atoms with van der Waals surface area (Å²) in [5, 5.41) is 8.63. The van der Waals surface area contributed by atoms with Crippen molar-refractivity contribution in [3.8, 4) is 11.8 Å². The molecular formula is C14H8BrF2NO. The largest absolute Gasteiger partial charge is 0.488 e. The van der Waals surface area contributed by atoms with Crippen LogP contribution in [0, 0.1) is 23.0 Å². The zero-order chi connectivity index (χ0) is 13.8. The monoisotopic (exact) mass is 323 g/mol. The highest BCUT2D eigenvalue weighted by Crippen LogP contribution is 2.26. The van der Waals surface area contributed by atoms with Crippen molar-refractivity contribution >= 4 is 15.9 Å². The van der Waals surface area contributed by atoms with Crippen molar-refractivity contribution in [2.24, 2.45) is 0 Å². The van der Waals surface area contributed by atoms with E-state index in [1.165, 1.54) is 30.3 Å². The van der Waals surface area contributed by atoms with Crippen LogP contribution in [-0.4, -0.2) is 0 Å². The van der Waals surface area contributed by atoms with E-state index in [9.17, 15) is 8.78 Å². The maximum absolute atomic E-state index is 13.6. The first-order valence-electron chi connectivity index (χ1n) is 5.36. The van der Waals surface area contributed by atoms with E-state index in [0.29, 0.717) is 15.8 Å². The molecule has 0 atom stereocenters. The number of halogens is 3. The first-order chi connectivity index (χ1) is 9.10. The number of hydrogen-bond acceptors (Lipinski definition) is 2. The molecule has 2 aromatic carbocycles. The number of rotatable bonds is 3. The Labute approximate surface area is 117 Å². The van der Waals surface area contributed by atoms with Crippen molar-refractivity contribution in [3.05, 3.63) is 63.6 Å². The molecule has 0 fully saturated rings. The molecule has 2 aromatic rings. The van der Waals surface area contributed by atoms with Gasteiger partial charge < -0.3 is 4.74 Å². The summed E-state index contributed by atoms with van der Waals surface area (Å²) < 4.78 is 32.3. The summed E-state index contributed by atoms with van der Waals surface area (Å²) in [5.74, 6) is -0.466. The van der Waals surface area contributed by atoms with Gasteiger partial charge >= 0.3 is 0 Å². The molecule has 19 heavy (non-hydrogen) atoms. The fourth-order valence-electron chi connectivity index (χ4n) is 1.48. The molecule has 0 aliphatic carbocycles. The molecule has 0 aliphatic rings. The smallest absolute Gasteiger partial charge is 0.134 e. The van der Waals surface area contributed by atoms with Gasteiger partial charge in [-0.15, -0.1) is 0 Å². The number of benzene rings is 2. The summed E-state index contributed by atoms with van der Waals surface area (Å²) in [7, 11) is 0. The van der Waals surface area contributed by atoms with Crippen molar-refractivity contribution in [1.29, 1.82) is 5.26 Å². The summed E-state index contributed by atoms with van der Waals surface area (Å²) in [6.45, 7) is 0.00176. The molecule has 0 spiro atoms. The molecule has 5 heteroatoms. The van der Waals surface area contributed by atoms with Crippen LogP contribution >= 0.6 is 15.9 Å². The van der Waals surface area contributed by atoms with Gasteiger partial charge in [0.2, 0.25) is 0 Å². The summed E-state index contributed by atoms with van der Waals surface area (Å²) in [6.07, 6.45) is 0. The van der Waals surface area contributed by atoms with E-state index in [-0.39, 0.29) is 18.0 Å². The predicted octanol–water partition coefficient (Wildman–Crippen LogP) is 4.18. The van der Waals surface area contributed by atoms with Crippen molar-refractivity contribution in [2.45, 2.75) is 6.61 Å². The van der Waals surface area contributed by atoms with Crippen LogP contribution in [0.2, 0.25) is 0 Å². The number of hydrogen-bond donors (Lipinski definition) is 0. The molecule has 0 radical (unpaired) electrons. The number of ether oxygens (including phenoxy) is 1. The van der Waals surface area contributed by atoms with E-state index >= 15 is 0 Å². The van der Waals surface area contributed by atoms with Crippen LogP contribution in [0.5, 0.6) is 5.75 Å². The van der Waals surface area contributed by atoms with E-state index in [1.807, 2.05) is 6.07 Å². The first kappa shape index (κ1) is 13.5. The SMILES string of the molecule is N#Cc1ccc(COc2ccc(F)cc2Br)c(F)c1. The molecule has 0 unspecified atom stereocenters. The Bertz CT molecular complexity index is 652. The molecule has 0 N–H and O–H groups in total. The second-order valence-electron chi connectivity index (χ2n) is 3.78. The number of nitriles is 1. The lowest BCUT2D eigenvalue weighted by molar-refractivity contribution is 0.297. The third-order valence-corrected chi connectivity index (χ3v) is 3.08. The van der Waals surface area contributed by atoms with Crippen LogP contribution in [0.15, 0.2) is 40.9 Å². The van der Waals surface area contributed by atoms with Gasteiger partial charge in [-0.25, -0.2) is 8.78 Å². The molecule has 0 bridgehead atoms. The Hall–Kier alpha value is -1.93. The van der Waals surface area contributed by atoms with Crippen molar-refractivity contribution in [2.75, 3.05) is 0 Å². The van der Waals surface area contributed by atoms with Crippen LogP contribution in [0.4, 0.5) is 8.78 Å². The van der Waals surface area contributed by atoms with Crippen molar-refractivity contribution in [1.82, 2.24) is 0 Å². The molecule has 0 aliphatic heterocycles. The van der Waals surface area contributed by atoms with E-state index in [0.717, 1.165) is 6.07 Å². The first-order valence-corrected chi connectivity index (χ1v) is 6.16. The Morgan fingerprint density at radius 2 is 1.95 bits per heavy atom. The minimum Gasteiger partial charge on any atom is -0.488 e. The highest BCUT2D eigenvalue weighted by atomic mass is 79.9. The molecule has 0 saturated carbocycles. The van der Waals surface area contributed by atoms with Gasteiger partial charge in [-0.1, -0.05) is 6.07 Å². The maximum Gasteiger partial charge on any atom is 0.134 e. The van der Waals surface area contributed by atoms with Crippen molar-refractivity contribution < 1.29 is 13.5 Å². The fraction of sp³-hybridized carbons (Fsp3) is 0.0714. The van der Waals surface area contributed by atoms with Gasteiger partial charge in [0, 0.05) is 5.56 Å². The van der Waals surface area contributed by atoms with Gasteiger partial charge in [-0.2, -0.15) is 5.26 Å². The van der Waals surface area contributed by atoms with Gasteiger partial charge in [-0.05, 0) is 46.3 Å². The van der Waals surface area contributed by atoms with Crippen LogP contribution in [0.25, 0.3) is 0 Å². The molecule has 96 valence electrons. The Kier molecular flexibility index (Phi) is 4.13. The Morgan fingerprint density at radius 1 is 1.16 bits per heavy atom. The minimum atomic E-state index is -0.503. The van der Waals surface area contributed by atoms with Crippen LogP contribution in [-0.2, 0) is 6.61 Å². The lowest BCUT2D eigenvalue weighted by Crippen LogP contribution is -1.99. The molecule has 0 saturated heterocycles. The summed E-state index contributed by atoms with van der Waals surface area (Å²) >= 11 is 3.16. The third-order valence-electron chi connectivity index (χ3n) is 2.46. The van der Waals surface area contributed by atoms with Gasteiger partial charge in [0.1, 0.15) is 24.0 Å². The third kappa shape index (κ3) is 3.30. The van der Waals surface area contributed by atoms with Gasteiger partial charge in [0.05, 0.1) is 16.1 Å². The average molecular weight is 324 g/mol. The quantitative estimate of drug-likeness (QED) is 0.849. The van der Waals surface area contributed by atoms with Gasteiger partial charge in [0.15, 0.2) is 0 Å². The van der Waals surface area contributed by atoms with Crippen LogP contribution in [0.1, 0.15) is 11.1 Å². The van der Waals surface area contributed by atoms with E-state index in [2.05, 4.69) is 15.9 Å². The lowest BCUT2D eigenvalue weighted by atomic mass is 10.1. The van der Waals surface area contributed by atoms with Gasteiger partial charge in [0.25, 0.3) is 0 Å². The summed E-state index contributed by atoms with van der Waals surface area (Å²) in [5.41, 5.74) is 0.583. The van der Waals surface area contributed by atoms with E-state index in [4.69, 9.17) is 10.00 Å². The normalized spacial score (nSPS) is 10.0. The second kappa shape index (κ2) is 5.81. The zero-order valence-electron chi connectivity index (χ0n) is 9.66. The minimum absolute atomic E-state index is 0.00176. The lowest BCUT2D eigenvalue weighted by Gasteiger charge is -2.09. The van der Waals surface area contributed by atoms with E-state index < -0.39 is 5.82 Å². The van der Waals surface area contributed by atoms with Crippen LogP contribution < -0.4 is 4.74 Å². The topological polar surface area (TPSA) is 33.0 Å². The summed E-state index contributed by atoms with van der Waals surface area (Å²) in [4.78, 5) is 0. The Balaban J connectivity index is 2.13. The molecular weight excluding hydrogens is 316 g/mol. The van der Waals surface area contributed by atoms with Crippen LogP contribution in [0.3, 0.4) is 0 Å². The van der Waals surface area contributed by atoms with Crippen molar-refractivity contribution in [3.63, 3.8) is 0 Å². The molecule has 2 rings (SSSR count). The maximum atomic E-state index is 13.6. The van der Waals surface area contributed by atoms with E-state index in [1.54, 1.807) is 0 Å². The molecule has 0 aromatic heterocycles. The highest BCUT2D eigenvalue weighted by Gasteiger charge is 2.07. The molecule has 0 amide bonds. The average Bonchev–Trinajstić information content (AvgIpc) is 2.39. The second-order valence-corrected chi connectivity index (χ2v) is 4.64. The highest BCUT2D eigenvalue weighted by molar-refractivity contribution is 9.10. The number of nitrogens with zero attached hydrogens (tertiary/aromatic N) is 1. The zero-order valence-corrected chi connectivity index (χ0v) is 11.2. The fourth-order valence-corrected chi connectivity index (χ4v) is 1.95. The molecule has 0 heterocycles. The standard InChI is InChI=1S/C14H8BrF2NO/c15-12-6-11(16)3-4-14(12)19-8-10-2-1-9(7-18)5-13(10)17/h1-6H,8H2. The molecule has 2 nitrogen and oxygen atoms in total. The van der Waals surface area contributed by atoms with Gasteiger partial charge in [-0.3, -0.25) is 0 Å². The summed E-state index contributed by atoms with van der Waals surface area (Å²) in [6, 6.07) is 10.00.